The van der Waals surface area contributed by atoms with Crippen LogP contribution in [-0.4, -0.2) is 25.5 Å². The van der Waals surface area contributed by atoms with Crippen molar-refractivity contribution in [2.45, 2.75) is 13.3 Å². The maximum absolute atomic E-state index is 14.2. The quantitative estimate of drug-likeness (QED) is 0.366. The molecule has 1 aliphatic carbocycles. The number of carbonyl (C=O) groups excluding carboxylic acids is 1. The van der Waals surface area contributed by atoms with Crippen molar-refractivity contribution in [1.82, 2.24) is 19.7 Å². The molecule has 6 nitrogen and oxygen atoms in total. The number of anilines is 1. The first kappa shape index (κ1) is 20.1. The van der Waals surface area contributed by atoms with Crippen molar-refractivity contribution >= 4 is 28.7 Å². The molecule has 7 heteroatoms. The standard InChI is InChI=1S/C27H20FN5O/c1-15-31-24-9-8-20(13-25(24)32-15)33-27(29)22(14-30-33)26(34)19-10-16-6-7-17(11-18(16)12-19)21-4-2-3-5-23(21)28/h2-11,13-14H,12,29H2,1H3,(H,31,32). The van der Waals surface area contributed by atoms with Crippen molar-refractivity contribution in [3.05, 3.63) is 101 Å². The summed E-state index contributed by atoms with van der Waals surface area (Å²) in [5.74, 6) is 0.672. The summed E-state index contributed by atoms with van der Waals surface area (Å²) in [5, 5.41) is 4.37. The summed E-state index contributed by atoms with van der Waals surface area (Å²) in [4.78, 5) is 20.9. The number of Topliss-reactive ketones (excluding diaryl/α,β-unsaturated/α-hetero) is 1. The second kappa shape index (κ2) is 7.52. The molecule has 2 aromatic heterocycles. The molecule has 5 aromatic rings. The van der Waals surface area contributed by atoms with Crippen molar-refractivity contribution in [1.29, 1.82) is 0 Å². The Balaban J connectivity index is 1.29. The highest BCUT2D eigenvalue weighted by molar-refractivity contribution is 6.15. The van der Waals surface area contributed by atoms with Crippen molar-refractivity contribution < 1.29 is 9.18 Å². The highest BCUT2D eigenvalue weighted by atomic mass is 19.1. The summed E-state index contributed by atoms with van der Waals surface area (Å²) in [6, 6.07) is 18.1. The Kier molecular flexibility index (Phi) is 4.45. The van der Waals surface area contributed by atoms with E-state index in [4.69, 9.17) is 5.73 Å². The summed E-state index contributed by atoms with van der Waals surface area (Å²) in [6.07, 6.45) is 3.84. The number of hydrogen-bond donors (Lipinski definition) is 2. The zero-order chi connectivity index (χ0) is 23.4. The lowest BCUT2D eigenvalue weighted by molar-refractivity contribution is 0.103. The number of hydrogen-bond acceptors (Lipinski definition) is 4. The minimum absolute atomic E-state index is 0.161. The van der Waals surface area contributed by atoms with Gasteiger partial charge in [-0.1, -0.05) is 36.4 Å². The molecule has 0 bridgehead atoms. The van der Waals surface area contributed by atoms with E-state index in [1.54, 1.807) is 16.8 Å². The number of carbonyl (C=O) groups is 1. The lowest BCUT2D eigenvalue weighted by Crippen LogP contribution is -2.08. The fourth-order valence-electron chi connectivity index (χ4n) is 4.52. The van der Waals surface area contributed by atoms with Crippen LogP contribution in [0.25, 0.3) is 33.9 Å². The third kappa shape index (κ3) is 3.21. The van der Waals surface area contributed by atoms with Crippen molar-refractivity contribution in [2.75, 3.05) is 5.73 Å². The second-order valence-electron chi connectivity index (χ2n) is 8.45. The van der Waals surface area contributed by atoms with E-state index in [0.717, 1.165) is 39.2 Å². The number of nitrogens with two attached hydrogens (primary N) is 1. The van der Waals surface area contributed by atoms with Gasteiger partial charge in [0.05, 0.1) is 28.5 Å². The van der Waals surface area contributed by atoms with Gasteiger partial charge < -0.3 is 10.7 Å². The molecule has 0 saturated carbocycles. The SMILES string of the molecule is Cc1nc2ccc(-n3ncc(C(=O)C4=Cc5ccc(-c6ccccc6F)cc5C4)c3N)cc2[nH]1. The number of aromatic nitrogens is 4. The van der Waals surface area contributed by atoms with Crippen molar-refractivity contribution in [2.24, 2.45) is 0 Å². The van der Waals surface area contributed by atoms with E-state index in [1.807, 2.05) is 55.5 Å². The van der Waals surface area contributed by atoms with Crippen LogP contribution in [0.2, 0.25) is 0 Å². The maximum atomic E-state index is 14.2. The van der Waals surface area contributed by atoms with Crippen LogP contribution in [0.3, 0.4) is 0 Å². The topological polar surface area (TPSA) is 89.6 Å². The lowest BCUT2D eigenvalue weighted by atomic mass is 9.99. The molecule has 6 rings (SSSR count). The number of fused-ring (bicyclic) bond motifs is 2. The second-order valence-corrected chi connectivity index (χ2v) is 8.45. The summed E-state index contributed by atoms with van der Waals surface area (Å²) in [7, 11) is 0. The molecule has 0 spiro atoms. The highest BCUT2D eigenvalue weighted by Gasteiger charge is 2.24. The largest absolute Gasteiger partial charge is 0.383 e. The number of nitrogens with zero attached hydrogens (tertiary/aromatic N) is 3. The van der Waals surface area contributed by atoms with Crippen LogP contribution in [0.15, 0.2) is 72.4 Å². The van der Waals surface area contributed by atoms with Crippen LogP contribution in [0, 0.1) is 12.7 Å². The number of aryl methyl sites for hydroxylation is 1. The van der Waals surface area contributed by atoms with E-state index in [0.29, 0.717) is 23.1 Å². The monoisotopic (exact) mass is 449 g/mol. The molecule has 2 heterocycles. The Hall–Kier alpha value is -4.52. The number of ketones is 1. The fourth-order valence-corrected chi connectivity index (χ4v) is 4.52. The van der Waals surface area contributed by atoms with E-state index in [1.165, 1.54) is 12.3 Å². The summed E-state index contributed by atoms with van der Waals surface area (Å²) in [6.45, 7) is 1.89. The van der Waals surface area contributed by atoms with Gasteiger partial charge in [-0.25, -0.2) is 14.1 Å². The van der Waals surface area contributed by atoms with Gasteiger partial charge in [0.15, 0.2) is 5.78 Å². The first-order valence-electron chi connectivity index (χ1n) is 10.9. The van der Waals surface area contributed by atoms with E-state index in [9.17, 15) is 9.18 Å². The van der Waals surface area contributed by atoms with Gasteiger partial charge in [0.2, 0.25) is 0 Å². The first-order valence-corrected chi connectivity index (χ1v) is 10.9. The van der Waals surface area contributed by atoms with Crippen molar-refractivity contribution in [3.8, 4) is 16.8 Å². The van der Waals surface area contributed by atoms with E-state index >= 15 is 0 Å². The number of allylic oxidation sites excluding steroid dienone is 1. The van der Waals surface area contributed by atoms with Gasteiger partial charge in [0.25, 0.3) is 0 Å². The zero-order valence-electron chi connectivity index (χ0n) is 18.3. The normalized spacial score (nSPS) is 12.7. The van der Waals surface area contributed by atoms with Gasteiger partial charge in [-0.2, -0.15) is 5.10 Å². The molecule has 0 radical (unpaired) electrons. The Morgan fingerprint density at radius 3 is 2.82 bits per heavy atom. The van der Waals surface area contributed by atoms with E-state index in [2.05, 4.69) is 15.1 Å². The molecule has 0 fully saturated rings. The van der Waals surface area contributed by atoms with Gasteiger partial charge in [-0.3, -0.25) is 4.79 Å². The summed E-state index contributed by atoms with van der Waals surface area (Å²) >= 11 is 0. The van der Waals surface area contributed by atoms with E-state index < -0.39 is 0 Å². The third-order valence-corrected chi connectivity index (χ3v) is 6.21. The number of rotatable bonds is 4. The van der Waals surface area contributed by atoms with Gasteiger partial charge in [-0.15, -0.1) is 0 Å². The lowest BCUT2D eigenvalue weighted by Gasteiger charge is -2.07. The fraction of sp³-hybridized carbons (Fsp3) is 0.0741. The zero-order valence-corrected chi connectivity index (χ0v) is 18.3. The molecule has 166 valence electrons. The number of halogens is 1. The predicted molar refractivity (Wildman–Crippen MR) is 130 cm³/mol. The molecule has 3 N–H and O–H groups in total. The molecular weight excluding hydrogens is 429 g/mol. The molecule has 0 atom stereocenters. The molecule has 0 saturated heterocycles. The molecule has 3 aromatic carbocycles. The summed E-state index contributed by atoms with van der Waals surface area (Å²) < 4.78 is 15.8. The van der Waals surface area contributed by atoms with Gasteiger partial charge in [0, 0.05) is 17.6 Å². The molecule has 0 unspecified atom stereocenters. The number of aromatic amines is 1. The van der Waals surface area contributed by atoms with E-state index in [-0.39, 0.29) is 17.4 Å². The van der Waals surface area contributed by atoms with Gasteiger partial charge >= 0.3 is 0 Å². The van der Waals surface area contributed by atoms with Crippen LogP contribution >= 0.6 is 0 Å². The Bertz CT molecular complexity index is 1640. The Labute approximate surface area is 194 Å². The number of nitrogen functional groups attached to an aromatic ring is 1. The van der Waals surface area contributed by atoms with Crippen molar-refractivity contribution in [3.63, 3.8) is 0 Å². The van der Waals surface area contributed by atoms with Gasteiger partial charge in [-0.05, 0) is 54.0 Å². The highest BCUT2D eigenvalue weighted by Crippen LogP contribution is 2.33. The molecule has 0 amide bonds. The average molecular weight is 449 g/mol. The number of imidazole rings is 1. The smallest absolute Gasteiger partial charge is 0.194 e. The van der Waals surface area contributed by atoms with Crippen LogP contribution in [0.1, 0.15) is 27.3 Å². The average Bonchev–Trinajstić information content (AvgIpc) is 3.53. The maximum Gasteiger partial charge on any atom is 0.194 e. The minimum Gasteiger partial charge on any atom is -0.383 e. The Morgan fingerprint density at radius 1 is 1.12 bits per heavy atom. The molecule has 1 aliphatic rings. The van der Waals surface area contributed by atoms with Crippen LogP contribution in [0.4, 0.5) is 10.2 Å². The molecule has 0 aliphatic heterocycles. The first-order chi connectivity index (χ1) is 16.5. The Morgan fingerprint density at radius 2 is 1.97 bits per heavy atom. The molecular formula is C27H20FN5O. The van der Waals surface area contributed by atoms with Gasteiger partial charge in [0.1, 0.15) is 17.5 Å². The van der Waals surface area contributed by atoms with Crippen LogP contribution < -0.4 is 5.73 Å². The van der Waals surface area contributed by atoms with Crippen LogP contribution in [-0.2, 0) is 6.42 Å². The number of benzene rings is 3. The summed E-state index contributed by atoms with van der Waals surface area (Å²) in [5.41, 5.74) is 13.1. The van der Waals surface area contributed by atoms with Crippen LogP contribution in [0.5, 0.6) is 0 Å². The predicted octanol–water partition coefficient (Wildman–Crippen LogP) is 5.27. The number of nitrogens with one attached hydrogen (secondary N) is 1. The third-order valence-electron chi connectivity index (χ3n) is 6.21. The number of H-pyrrole nitrogens is 1. The molecule has 34 heavy (non-hydrogen) atoms. The minimum atomic E-state index is -0.270.